The van der Waals surface area contributed by atoms with Gasteiger partial charge in [0, 0.05) is 5.39 Å². The molecule has 0 fully saturated rings. The highest BCUT2D eigenvalue weighted by molar-refractivity contribution is 9.10. The van der Waals surface area contributed by atoms with E-state index < -0.39 is 0 Å². The van der Waals surface area contributed by atoms with Gasteiger partial charge >= 0.3 is 0 Å². The molecule has 0 N–H and O–H groups in total. The first-order valence-corrected chi connectivity index (χ1v) is 5.37. The summed E-state index contributed by atoms with van der Waals surface area (Å²) < 4.78 is 2.42. The van der Waals surface area contributed by atoms with Crippen molar-refractivity contribution in [2.45, 2.75) is 6.42 Å². The van der Waals surface area contributed by atoms with Crippen LogP contribution in [-0.2, 0) is 6.42 Å². The largest absolute Gasteiger partial charge is 0.240 e. The fourth-order valence-electron chi connectivity index (χ4n) is 1.71. The predicted octanol–water partition coefficient (Wildman–Crippen LogP) is 3.46. The summed E-state index contributed by atoms with van der Waals surface area (Å²) in [4.78, 5) is 0. The molecule has 0 unspecified atom stereocenters. The zero-order valence-electron chi connectivity index (χ0n) is 8.07. The van der Waals surface area contributed by atoms with Crippen LogP contribution in [0, 0.1) is 11.5 Å². The molecule has 0 saturated carbocycles. The summed E-state index contributed by atoms with van der Waals surface area (Å²) in [6.45, 7) is 3.73. The van der Waals surface area contributed by atoms with Crippen LogP contribution in [0.15, 0.2) is 41.5 Å². The topological polar surface area (TPSA) is 28.7 Å². The summed E-state index contributed by atoms with van der Waals surface area (Å²) in [6, 6.07) is 7.87. The lowest BCUT2D eigenvalue weighted by Crippen LogP contribution is -1.87. The van der Waals surface area contributed by atoms with Gasteiger partial charge in [-0.2, -0.15) is 5.26 Å². The minimum atomic E-state index is 0.760. The van der Waals surface area contributed by atoms with Gasteiger partial charge in [0.1, 0.15) is 4.60 Å². The summed E-state index contributed by atoms with van der Waals surface area (Å²) in [5.74, 6) is 0. The van der Waals surface area contributed by atoms with E-state index in [1.807, 2.05) is 30.3 Å². The zero-order valence-corrected chi connectivity index (χ0v) is 9.66. The standard InChI is InChI=1S/C12H9BrN2/c1-2-5-10-9-6-3-4-7-11(9)15(8-14)12(10)13/h2-4,6-7H,1,5H2. The lowest BCUT2D eigenvalue weighted by atomic mass is 10.1. The zero-order chi connectivity index (χ0) is 10.8. The van der Waals surface area contributed by atoms with Crippen LogP contribution in [0.25, 0.3) is 10.9 Å². The third-order valence-corrected chi connectivity index (χ3v) is 3.20. The smallest absolute Gasteiger partial charge is 0.189 e. The molecule has 1 heterocycles. The van der Waals surface area contributed by atoms with E-state index in [4.69, 9.17) is 5.26 Å². The van der Waals surface area contributed by atoms with Crippen molar-refractivity contribution in [1.82, 2.24) is 4.57 Å². The number of fused-ring (bicyclic) bond motifs is 1. The Morgan fingerprint density at radius 2 is 2.20 bits per heavy atom. The van der Waals surface area contributed by atoms with Crippen LogP contribution in [0.2, 0.25) is 0 Å². The molecule has 0 aliphatic carbocycles. The van der Waals surface area contributed by atoms with E-state index in [9.17, 15) is 0 Å². The van der Waals surface area contributed by atoms with Gasteiger partial charge in [-0.3, -0.25) is 0 Å². The Hall–Kier alpha value is -1.53. The van der Waals surface area contributed by atoms with Crippen LogP contribution in [0.5, 0.6) is 0 Å². The van der Waals surface area contributed by atoms with E-state index in [0.29, 0.717) is 0 Å². The molecule has 0 radical (unpaired) electrons. The van der Waals surface area contributed by atoms with Gasteiger partial charge in [-0.15, -0.1) is 6.58 Å². The number of aromatic nitrogens is 1. The van der Waals surface area contributed by atoms with Crippen LogP contribution in [0.4, 0.5) is 0 Å². The quantitative estimate of drug-likeness (QED) is 0.761. The molecule has 1 aromatic carbocycles. The average Bonchev–Trinajstić information content (AvgIpc) is 2.53. The van der Waals surface area contributed by atoms with Crippen LogP contribution >= 0.6 is 15.9 Å². The molecule has 15 heavy (non-hydrogen) atoms. The minimum absolute atomic E-state index is 0.760. The van der Waals surface area contributed by atoms with Crippen molar-refractivity contribution in [2.75, 3.05) is 0 Å². The number of nitrogens with zero attached hydrogens (tertiary/aromatic N) is 2. The highest BCUT2D eigenvalue weighted by Crippen LogP contribution is 2.30. The highest BCUT2D eigenvalue weighted by atomic mass is 79.9. The SMILES string of the molecule is C=CCc1c(Br)n(C#N)c2ccccc12. The van der Waals surface area contributed by atoms with Gasteiger partial charge in [0.15, 0.2) is 6.19 Å². The summed E-state index contributed by atoms with van der Waals surface area (Å²) in [5, 5.41) is 10.2. The summed E-state index contributed by atoms with van der Waals surface area (Å²) in [6.07, 6.45) is 4.75. The Bertz CT molecular complexity index is 561. The van der Waals surface area contributed by atoms with Gasteiger partial charge in [0.2, 0.25) is 0 Å². The maximum absolute atomic E-state index is 9.06. The second-order valence-corrected chi connectivity index (χ2v) is 3.97. The average molecular weight is 261 g/mol. The van der Waals surface area contributed by atoms with E-state index in [2.05, 4.69) is 28.7 Å². The second kappa shape index (κ2) is 3.92. The van der Waals surface area contributed by atoms with Crippen molar-refractivity contribution in [3.05, 3.63) is 47.1 Å². The third kappa shape index (κ3) is 1.47. The van der Waals surface area contributed by atoms with E-state index in [0.717, 1.165) is 27.5 Å². The Morgan fingerprint density at radius 1 is 1.47 bits per heavy atom. The Labute approximate surface area is 96.6 Å². The number of rotatable bonds is 2. The molecule has 2 nitrogen and oxygen atoms in total. The molecule has 0 saturated heterocycles. The molecule has 74 valence electrons. The van der Waals surface area contributed by atoms with E-state index in [-0.39, 0.29) is 0 Å². The van der Waals surface area contributed by atoms with Gasteiger partial charge in [0.25, 0.3) is 0 Å². The third-order valence-electron chi connectivity index (χ3n) is 2.36. The summed E-state index contributed by atoms with van der Waals surface area (Å²) in [5.41, 5.74) is 2.05. The first kappa shape index (κ1) is 10.0. The lowest BCUT2D eigenvalue weighted by Gasteiger charge is -1.93. The lowest BCUT2D eigenvalue weighted by molar-refractivity contribution is 1.09. The molecule has 2 rings (SSSR count). The van der Waals surface area contributed by atoms with Gasteiger partial charge in [-0.1, -0.05) is 24.3 Å². The molecule has 0 bridgehead atoms. The van der Waals surface area contributed by atoms with Crippen molar-refractivity contribution in [3.63, 3.8) is 0 Å². The number of halogens is 1. The van der Waals surface area contributed by atoms with Gasteiger partial charge < -0.3 is 0 Å². The summed E-state index contributed by atoms with van der Waals surface area (Å²) in [7, 11) is 0. The molecule has 3 heteroatoms. The normalized spacial score (nSPS) is 10.1. The van der Waals surface area contributed by atoms with Crippen molar-refractivity contribution in [1.29, 1.82) is 5.26 Å². The number of para-hydroxylation sites is 1. The number of hydrogen-bond acceptors (Lipinski definition) is 1. The van der Waals surface area contributed by atoms with Crippen molar-refractivity contribution >= 4 is 26.8 Å². The van der Waals surface area contributed by atoms with E-state index in [1.54, 1.807) is 4.57 Å². The maximum atomic E-state index is 9.06. The minimum Gasteiger partial charge on any atom is -0.240 e. The molecule has 2 aromatic rings. The van der Waals surface area contributed by atoms with Gasteiger partial charge in [0.05, 0.1) is 5.52 Å². The van der Waals surface area contributed by atoms with E-state index in [1.165, 1.54) is 0 Å². The molecular weight excluding hydrogens is 252 g/mol. The highest BCUT2D eigenvalue weighted by Gasteiger charge is 2.12. The predicted molar refractivity (Wildman–Crippen MR) is 64.6 cm³/mol. The first-order chi connectivity index (χ1) is 7.29. The van der Waals surface area contributed by atoms with Gasteiger partial charge in [-0.05, 0) is 34.0 Å². The fraction of sp³-hybridized carbons (Fsp3) is 0.0833. The molecule has 0 atom stereocenters. The summed E-state index contributed by atoms with van der Waals surface area (Å²) >= 11 is 3.45. The van der Waals surface area contributed by atoms with Gasteiger partial charge in [-0.25, -0.2) is 4.57 Å². The molecular formula is C12H9BrN2. The van der Waals surface area contributed by atoms with Crippen molar-refractivity contribution in [2.24, 2.45) is 0 Å². The van der Waals surface area contributed by atoms with Crippen LogP contribution in [-0.4, -0.2) is 4.57 Å². The Balaban J connectivity index is 2.85. The van der Waals surface area contributed by atoms with E-state index >= 15 is 0 Å². The molecule has 0 spiro atoms. The number of nitriles is 1. The Morgan fingerprint density at radius 3 is 2.87 bits per heavy atom. The fourth-order valence-corrected chi connectivity index (χ4v) is 2.36. The van der Waals surface area contributed by atoms with Crippen molar-refractivity contribution < 1.29 is 0 Å². The monoisotopic (exact) mass is 260 g/mol. The van der Waals surface area contributed by atoms with Crippen LogP contribution in [0.1, 0.15) is 5.56 Å². The van der Waals surface area contributed by atoms with Crippen molar-refractivity contribution in [3.8, 4) is 6.19 Å². The number of allylic oxidation sites excluding steroid dienone is 1. The van der Waals surface area contributed by atoms with Crippen LogP contribution < -0.4 is 0 Å². The molecule has 0 aliphatic rings. The molecule has 0 amide bonds. The van der Waals surface area contributed by atoms with Crippen LogP contribution in [0.3, 0.4) is 0 Å². The number of hydrogen-bond donors (Lipinski definition) is 0. The molecule has 0 aliphatic heterocycles. The number of benzene rings is 1. The maximum Gasteiger partial charge on any atom is 0.189 e. The first-order valence-electron chi connectivity index (χ1n) is 4.58. The molecule has 1 aromatic heterocycles. The second-order valence-electron chi connectivity index (χ2n) is 3.21. The Kier molecular flexibility index (Phi) is 2.61.